The zero-order valence-electron chi connectivity index (χ0n) is 11.9. The molecule has 2 heterocycles. The maximum atomic E-state index is 12.9. The Hall–Kier alpha value is -2.25. The number of aromatic nitrogens is 6. The number of nitrogens with zero attached hydrogens (tertiary/aromatic N) is 6. The van der Waals surface area contributed by atoms with Crippen molar-refractivity contribution in [2.75, 3.05) is 0 Å². The van der Waals surface area contributed by atoms with E-state index in [1.807, 2.05) is 0 Å². The molecular weight excluding hydrogens is 339 g/mol. The number of rotatable bonds is 6. The highest BCUT2D eigenvalue weighted by atomic mass is 35.5. The van der Waals surface area contributed by atoms with Crippen molar-refractivity contribution in [2.45, 2.75) is 13.1 Å². The van der Waals surface area contributed by atoms with Crippen LogP contribution in [0.25, 0.3) is 0 Å². The Morgan fingerprint density at radius 2 is 1.65 bits per heavy atom. The normalized spacial score (nSPS) is 11.1. The molecule has 0 saturated carbocycles. The summed E-state index contributed by atoms with van der Waals surface area (Å²) in [5.74, 6) is -0.571. The first-order chi connectivity index (χ1) is 11.1. The molecule has 0 amide bonds. The fraction of sp³-hybridized carbons (Fsp3) is 0.214. The van der Waals surface area contributed by atoms with Crippen LogP contribution < -0.4 is 0 Å². The molecule has 3 aromatic rings. The Bertz CT molecular complexity index is 751. The molecular formula is C14H12Cl2N6O. The molecule has 9 heteroatoms. The quantitative estimate of drug-likeness (QED) is 0.637. The minimum absolute atomic E-state index is 0.136. The van der Waals surface area contributed by atoms with E-state index in [-0.39, 0.29) is 10.8 Å². The largest absolute Gasteiger partial charge is 0.294 e. The maximum Gasteiger partial charge on any atom is 0.171 e. The predicted molar refractivity (Wildman–Crippen MR) is 84.3 cm³/mol. The number of halogens is 2. The molecule has 0 N–H and O–H groups in total. The van der Waals surface area contributed by atoms with Crippen LogP contribution >= 0.6 is 23.2 Å². The molecule has 0 radical (unpaired) electrons. The van der Waals surface area contributed by atoms with E-state index in [4.69, 9.17) is 23.2 Å². The van der Waals surface area contributed by atoms with Gasteiger partial charge in [0, 0.05) is 5.56 Å². The second kappa shape index (κ2) is 6.89. The van der Waals surface area contributed by atoms with Gasteiger partial charge in [-0.15, -0.1) is 0 Å². The molecule has 3 rings (SSSR count). The van der Waals surface area contributed by atoms with Gasteiger partial charge in [0.15, 0.2) is 5.78 Å². The molecule has 0 spiro atoms. The van der Waals surface area contributed by atoms with Gasteiger partial charge in [0.25, 0.3) is 0 Å². The van der Waals surface area contributed by atoms with Crippen molar-refractivity contribution in [3.63, 3.8) is 0 Å². The summed E-state index contributed by atoms with van der Waals surface area (Å²) in [5, 5.41) is 8.70. The van der Waals surface area contributed by atoms with Gasteiger partial charge in [0.05, 0.1) is 29.1 Å². The van der Waals surface area contributed by atoms with Crippen LogP contribution in [0.1, 0.15) is 10.4 Å². The fourth-order valence-electron chi connectivity index (χ4n) is 2.24. The van der Waals surface area contributed by atoms with Crippen molar-refractivity contribution in [1.82, 2.24) is 29.5 Å². The zero-order chi connectivity index (χ0) is 16.2. The van der Waals surface area contributed by atoms with Crippen LogP contribution in [0.15, 0.2) is 43.5 Å². The van der Waals surface area contributed by atoms with Gasteiger partial charge in [-0.05, 0) is 12.1 Å². The average Bonchev–Trinajstić information content (AvgIpc) is 3.22. The molecule has 0 atom stereocenters. The number of Topliss-reactive ketones (excluding diaryl/α,β-unsaturated/α-hetero) is 1. The molecule has 0 unspecified atom stereocenters. The van der Waals surface area contributed by atoms with Crippen molar-refractivity contribution in [1.29, 1.82) is 0 Å². The lowest BCUT2D eigenvalue weighted by atomic mass is 9.97. The van der Waals surface area contributed by atoms with Crippen LogP contribution in [-0.2, 0) is 13.1 Å². The summed E-state index contributed by atoms with van der Waals surface area (Å²) in [7, 11) is 0. The van der Waals surface area contributed by atoms with E-state index < -0.39 is 5.92 Å². The highest BCUT2D eigenvalue weighted by molar-refractivity contribution is 6.43. The van der Waals surface area contributed by atoms with Crippen LogP contribution in [0.4, 0.5) is 0 Å². The van der Waals surface area contributed by atoms with Gasteiger partial charge in [0.2, 0.25) is 0 Å². The van der Waals surface area contributed by atoms with Gasteiger partial charge in [-0.3, -0.25) is 14.2 Å². The van der Waals surface area contributed by atoms with E-state index in [1.54, 1.807) is 40.2 Å². The maximum absolute atomic E-state index is 12.9. The molecule has 0 aliphatic heterocycles. The molecule has 0 fully saturated rings. The summed E-state index contributed by atoms with van der Waals surface area (Å²) in [6.07, 6.45) is 5.95. The topological polar surface area (TPSA) is 78.5 Å². The third kappa shape index (κ3) is 3.57. The van der Waals surface area contributed by atoms with Gasteiger partial charge < -0.3 is 0 Å². The lowest BCUT2D eigenvalue weighted by Crippen LogP contribution is -2.26. The smallest absolute Gasteiger partial charge is 0.171 e. The molecule has 0 saturated heterocycles. The second-order valence-electron chi connectivity index (χ2n) is 4.90. The molecule has 0 bridgehead atoms. The minimum atomic E-state index is -0.436. The van der Waals surface area contributed by atoms with E-state index in [0.717, 1.165) is 0 Å². The van der Waals surface area contributed by atoms with Crippen LogP contribution in [0, 0.1) is 5.92 Å². The first kappa shape index (κ1) is 15.6. The molecule has 1 aromatic carbocycles. The van der Waals surface area contributed by atoms with Crippen molar-refractivity contribution < 1.29 is 4.79 Å². The highest BCUT2D eigenvalue weighted by Gasteiger charge is 2.24. The van der Waals surface area contributed by atoms with Crippen LogP contribution in [-0.4, -0.2) is 35.3 Å². The zero-order valence-corrected chi connectivity index (χ0v) is 13.4. The van der Waals surface area contributed by atoms with Gasteiger partial charge >= 0.3 is 0 Å². The summed E-state index contributed by atoms with van der Waals surface area (Å²) < 4.78 is 3.19. The number of hydrogen-bond donors (Lipinski definition) is 0. The van der Waals surface area contributed by atoms with E-state index in [9.17, 15) is 4.79 Å². The third-order valence-corrected chi connectivity index (χ3v) is 4.15. The minimum Gasteiger partial charge on any atom is -0.294 e. The molecule has 23 heavy (non-hydrogen) atoms. The Labute approximate surface area is 141 Å². The van der Waals surface area contributed by atoms with E-state index in [0.29, 0.717) is 23.7 Å². The number of hydrogen-bond acceptors (Lipinski definition) is 5. The van der Waals surface area contributed by atoms with Gasteiger partial charge in [0.1, 0.15) is 25.3 Å². The van der Waals surface area contributed by atoms with Crippen molar-refractivity contribution >= 4 is 29.0 Å². The van der Waals surface area contributed by atoms with Crippen molar-refractivity contribution in [3.8, 4) is 0 Å². The standard InChI is InChI=1S/C14H12Cl2N6O/c15-12-3-1-2-11(13(12)16)14(23)10(4-21-8-17-6-19-21)5-22-9-18-7-20-22/h1-3,6-10H,4-5H2. The Morgan fingerprint density at radius 1 is 1.04 bits per heavy atom. The average molecular weight is 351 g/mol. The van der Waals surface area contributed by atoms with Gasteiger partial charge in [-0.25, -0.2) is 9.97 Å². The number of carbonyl (C=O) groups is 1. The van der Waals surface area contributed by atoms with Crippen molar-refractivity contribution in [3.05, 3.63) is 59.1 Å². The summed E-state index contributed by atoms with van der Waals surface area (Å²) >= 11 is 12.2. The first-order valence-electron chi connectivity index (χ1n) is 6.78. The van der Waals surface area contributed by atoms with Gasteiger partial charge in [-0.1, -0.05) is 29.3 Å². The van der Waals surface area contributed by atoms with Crippen LogP contribution in [0.3, 0.4) is 0 Å². The van der Waals surface area contributed by atoms with E-state index >= 15 is 0 Å². The third-order valence-electron chi connectivity index (χ3n) is 3.34. The summed E-state index contributed by atoms with van der Waals surface area (Å²) in [6.45, 7) is 0.697. The Kier molecular flexibility index (Phi) is 4.68. The first-order valence-corrected chi connectivity index (χ1v) is 7.54. The molecule has 118 valence electrons. The molecule has 2 aromatic heterocycles. The molecule has 7 nitrogen and oxygen atoms in total. The second-order valence-corrected chi connectivity index (χ2v) is 5.68. The summed E-state index contributed by atoms with van der Waals surface area (Å²) in [6, 6.07) is 5.00. The predicted octanol–water partition coefficient (Wildman–Crippen LogP) is 2.38. The lowest BCUT2D eigenvalue weighted by molar-refractivity contribution is 0.0885. The fourth-order valence-corrected chi connectivity index (χ4v) is 2.64. The van der Waals surface area contributed by atoms with Crippen LogP contribution in [0.2, 0.25) is 10.0 Å². The molecule has 0 aliphatic carbocycles. The monoisotopic (exact) mass is 350 g/mol. The Balaban J connectivity index is 1.90. The summed E-state index contributed by atoms with van der Waals surface area (Å²) in [4.78, 5) is 20.7. The Morgan fingerprint density at radius 3 is 2.17 bits per heavy atom. The SMILES string of the molecule is O=C(c1cccc(Cl)c1Cl)C(Cn1cncn1)Cn1cncn1. The number of carbonyl (C=O) groups excluding carboxylic acids is 1. The van der Waals surface area contributed by atoms with E-state index in [2.05, 4.69) is 20.2 Å². The number of benzene rings is 1. The van der Waals surface area contributed by atoms with Crippen molar-refractivity contribution in [2.24, 2.45) is 5.92 Å². The van der Waals surface area contributed by atoms with Crippen LogP contribution in [0.5, 0.6) is 0 Å². The molecule has 0 aliphatic rings. The summed E-state index contributed by atoms with van der Waals surface area (Å²) in [5.41, 5.74) is 0.379. The highest BCUT2D eigenvalue weighted by Crippen LogP contribution is 2.28. The lowest BCUT2D eigenvalue weighted by Gasteiger charge is -2.16. The van der Waals surface area contributed by atoms with Gasteiger partial charge in [-0.2, -0.15) is 10.2 Å². The van der Waals surface area contributed by atoms with E-state index in [1.165, 1.54) is 12.7 Å². The number of ketones is 1.